The first kappa shape index (κ1) is 27.9. The molecule has 0 radical (unpaired) electrons. The lowest BCUT2D eigenvalue weighted by Gasteiger charge is -2.09. The zero-order valence-corrected chi connectivity index (χ0v) is 27.1. The Morgan fingerprint density at radius 1 is 0.392 bits per heavy atom. The van der Waals surface area contributed by atoms with Crippen molar-refractivity contribution in [3.05, 3.63) is 158 Å². The van der Waals surface area contributed by atoms with Crippen LogP contribution in [0, 0.1) is 0 Å². The van der Waals surface area contributed by atoms with Gasteiger partial charge in [0.25, 0.3) is 0 Å². The van der Waals surface area contributed by atoms with Crippen molar-refractivity contribution in [1.82, 2.24) is 19.5 Å². The van der Waals surface area contributed by atoms with Crippen molar-refractivity contribution in [2.45, 2.75) is 0 Å². The monoisotopic (exact) mass is 654 g/mol. The Kier molecular flexibility index (Phi) is 5.86. The van der Waals surface area contributed by atoms with Crippen LogP contribution in [0.1, 0.15) is 0 Å². The van der Waals surface area contributed by atoms with Gasteiger partial charge >= 0.3 is 0 Å². The standard InChI is InChI=1S/C45H26N4O2/c1-3-12-27(13-4-1)43-46-44(48-45(47-43)34-18-11-21-37-40(34)32-17-8-10-20-36(32)50-37)28-22-23-33-39(26-28)51-38-25-24-31-30-16-7-9-19-35(30)49(42(31)41(33)38)29-14-5-2-6-15-29/h1-26H. The summed E-state index contributed by atoms with van der Waals surface area (Å²) < 4.78 is 15.2. The molecule has 4 heterocycles. The van der Waals surface area contributed by atoms with Crippen LogP contribution in [0.2, 0.25) is 0 Å². The van der Waals surface area contributed by atoms with Crippen molar-refractivity contribution in [3.63, 3.8) is 0 Å². The fourth-order valence-corrected chi connectivity index (χ4v) is 7.60. The van der Waals surface area contributed by atoms with E-state index in [1.165, 1.54) is 10.8 Å². The highest BCUT2D eigenvalue weighted by Gasteiger charge is 2.21. The fraction of sp³-hybridized carbons (Fsp3) is 0. The Hall–Kier alpha value is -7.05. The highest BCUT2D eigenvalue weighted by atomic mass is 16.3. The molecule has 6 nitrogen and oxygen atoms in total. The maximum atomic E-state index is 6.64. The summed E-state index contributed by atoms with van der Waals surface area (Å²) >= 11 is 0. The molecule has 0 aliphatic carbocycles. The van der Waals surface area contributed by atoms with Crippen molar-refractivity contribution in [2.75, 3.05) is 0 Å². The predicted octanol–water partition coefficient (Wildman–Crippen LogP) is 11.8. The number of fused-ring (bicyclic) bond motifs is 10. The number of hydrogen-bond donors (Lipinski definition) is 0. The van der Waals surface area contributed by atoms with Crippen LogP contribution in [0.25, 0.3) is 106 Å². The van der Waals surface area contributed by atoms with Gasteiger partial charge in [-0.25, -0.2) is 15.0 Å². The van der Waals surface area contributed by atoms with E-state index in [1.807, 2.05) is 60.7 Å². The predicted molar refractivity (Wildman–Crippen MR) is 205 cm³/mol. The van der Waals surface area contributed by atoms with E-state index in [1.54, 1.807) is 0 Å². The molecule has 11 aromatic rings. The molecule has 0 amide bonds. The van der Waals surface area contributed by atoms with Crippen LogP contribution in [0.4, 0.5) is 0 Å². The van der Waals surface area contributed by atoms with Crippen molar-refractivity contribution in [1.29, 1.82) is 0 Å². The van der Waals surface area contributed by atoms with Crippen molar-refractivity contribution in [3.8, 4) is 39.9 Å². The van der Waals surface area contributed by atoms with Gasteiger partial charge < -0.3 is 13.4 Å². The van der Waals surface area contributed by atoms with E-state index in [0.29, 0.717) is 17.5 Å². The van der Waals surface area contributed by atoms with Gasteiger partial charge in [0.15, 0.2) is 17.5 Å². The second kappa shape index (κ2) is 10.7. The highest BCUT2D eigenvalue weighted by molar-refractivity contribution is 6.24. The quantitative estimate of drug-likeness (QED) is 0.189. The molecule has 4 aromatic heterocycles. The van der Waals surface area contributed by atoms with Crippen LogP contribution in [-0.4, -0.2) is 19.5 Å². The average Bonchev–Trinajstić information content (AvgIpc) is 3.87. The fourth-order valence-electron chi connectivity index (χ4n) is 7.60. The topological polar surface area (TPSA) is 69.9 Å². The van der Waals surface area contributed by atoms with E-state index in [2.05, 4.69) is 102 Å². The SMILES string of the molecule is c1ccc(-c2nc(-c3ccc4c(c3)oc3ccc5c6ccccc6n(-c6ccccc6)c5c34)nc(-c3cccc4oc5ccccc5c34)n2)cc1. The number of hydrogen-bond acceptors (Lipinski definition) is 5. The molecule has 0 spiro atoms. The molecule has 0 N–H and O–H groups in total. The van der Waals surface area contributed by atoms with Gasteiger partial charge in [-0.2, -0.15) is 0 Å². The van der Waals surface area contributed by atoms with Crippen LogP contribution in [0.15, 0.2) is 167 Å². The number of rotatable bonds is 4. The zero-order chi connectivity index (χ0) is 33.5. The molecule has 0 saturated heterocycles. The van der Waals surface area contributed by atoms with Crippen molar-refractivity contribution >= 4 is 65.7 Å². The van der Waals surface area contributed by atoms with Crippen LogP contribution in [-0.2, 0) is 0 Å². The lowest BCUT2D eigenvalue weighted by Crippen LogP contribution is -2.00. The first-order valence-corrected chi connectivity index (χ1v) is 16.9. The van der Waals surface area contributed by atoms with Gasteiger partial charge in [-0.1, -0.05) is 103 Å². The molecule has 51 heavy (non-hydrogen) atoms. The second-order valence-corrected chi connectivity index (χ2v) is 12.8. The maximum Gasteiger partial charge on any atom is 0.164 e. The van der Waals surface area contributed by atoms with Crippen LogP contribution >= 0.6 is 0 Å². The van der Waals surface area contributed by atoms with Crippen molar-refractivity contribution < 1.29 is 8.83 Å². The van der Waals surface area contributed by atoms with Gasteiger partial charge in [0.05, 0.1) is 16.4 Å². The first-order valence-electron chi connectivity index (χ1n) is 16.9. The Morgan fingerprint density at radius 3 is 1.88 bits per heavy atom. The third kappa shape index (κ3) is 4.20. The summed E-state index contributed by atoms with van der Waals surface area (Å²) in [5.41, 5.74) is 9.24. The Labute approximate surface area is 290 Å². The number of aromatic nitrogens is 4. The number of para-hydroxylation sites is 3. The minimum atomic E-state index is 0.564. The second-order valence-electron chi connectivity index (χ2n) is 12.8. The Bertz CT molecular complexity index is 3140. The summed E-state index contributed by atoms with van der Waals surface area (Å²) in [4.78, 5) is 15.2. The van der Waals surface area contributed by atoms with E-state index in [9.17, 15) is 0 Å². The summed E-state index contributed by atoms with van der Waals surface area (Å²) in [6, 6.07) is 53.8. The molecule has 6 heteroatoms. The van der Waals surface area contributed by atoms with Gasteiger partial charge in [-0.15, -0.1) is 0 Å². The molecule has 0 unspecified atom stereocenters. The third-order valence-corrected chi connectivity index (χ3v) is 9.85. The summed E-state index contributed by atoms with van der Waals surface area (Å²) in [6.45, 7) is 0. The van der Waals surface area contributed by atoms with Gasteiger partial charge in [0.2, 0.25) is 0 Å². The van der Waals surface area contributed by atoms with E-state index in [0.717, 1.165) is 77.3 Å². The summed E-state index contributed by atoms with van der Waals surface area (Å²) in [5.74, 6) is 1.74. The van der Waals surface area contributed by atoms with Crippen LogP contribution < -0.4 is 0 Å². The molecule has 0 saturated carbocycles. The molecule has 11 rings (SSSR count). The van der Waals surface area contributed by atoms with Crippen LogP contribution in [0.5, 0.6) is 0 Å². The Balaban J connectivity index is 1.15. The molecule has 0 bridgehead atoms. The lowest BCUT2D eigenvalue weighted by atomic mass is 10.0. The maximum absolute atomic E-state index is 6.64. The number of benzene rings is 7. The summed E-state index contributed by atoms with van der Waals surface area (Å²) in [6.07, 6.45) is 0. The first-order chi connectivity index (χ1) is 25.3. The van der Waals surface area contributed by atoms with Crippen LogP contribution in [0.3, 0.4) is 0 Å². The minimum absolute atomic E-state index is 0.564. The van der Waals surface area contributed by atoms with E-state index < -0.39 is 0 Å². The largest absolute Gasteiger partial charge is 0.456 e. The molecule has 0 fully saturated rings. The molecule has 7 aromatic carbocycles. The third-order valence-electron chi connectivity index (χ3n) is 9.85. The van der Waals surface area contributed by atoms with E-state index in [-0.39, 0.29) is 0 Å². The van der Waals surface area contributed by atoms with E-state index >= 15 is 0 Å². The van der Waals surface area contributed by atoms with E-state index in [4.69, 9.17) is 23.8 Å². The molecule has 0 atom stereocenters. The minimum Gasteiger partial charge on any atom is -0.456 e. The molecular weight excluding hydrogens is 629 g/mol. The highest BCUT2D eigenvalue weighted by Crippen LogP contribution is 2.42. The van der Waals surface area contributed by atoms with Crippen molar-refractivity contribution in [2.24, 2.45) is 0 Å². The molecule has 238 valence electrons. The molecule has 0 aliphatic heterocycles. The van der Waals surface area contributed by atoms with Gasteiger partial charge in [-0.3, -0.25) is 0 Å². The number of nitrogens with zero attached hydrogens (tertiary/aromatic N) is 4. The smallest absolute Gasteiger partial charge is 0.164 e. The molecular formula is C45H26N4O2. The summed E-state index contributed by atoms with van der Waals surface area (Å²) in [5, 5.41) is 6.50. The van der Waals surface area contributed by atoms with Gasteiger partial charge in [-0.05, 0) is 54.6 Å². The van der Waals surface area contributed by atoms with Gasteiger partial charge in [0.1, 0.15) is 22.3 Å². The average molecular weight is 655 g/mol. The normalized spacial score (nSPS) is 11.9. The zero-order valence-electron chi connectivity index (χ0n) is 27.1. The number of furan rings is 2. The Morgan fingerprint density at radius 2 is 1.02 bits per heavy atom. The van der Waals surface area contributed by atoms with Gasteiger partial charge in [0, 0.05) is 49.3 Å². The lowest BCUT2D eigenvalue weighted by molar-refractivity contribution is 0.668. The summed E-state index contributed by atoms with van der Waals surface area (Å²) in [7, 11) is 0. The molecule has 0 aliphatic rings.